The van der Waals surface area contributed by atoms with Gasteiger partial charge in [-0.25, -0.2) is 0 Å². The van der Waals surface area contributed by atoms with Gasteiger partial charge in [0, 0.05) is 19.6 Å². The zero-order valence-electron chi connectivity index (χ0n) is 13.5. The van der Waals surface area contributed by atoms with Gasteiger partial charge in [-0.1, -0.05) is 12.8 Å². The monoisotopic (exact) mass is 295 g/mol. The van der Waals surface area contributed by atoms with Gasteiger partial charge < -0.3 is 15.1 Å². The lowest BCUT2D eigenvalue weighted by Gasteiger charge is -2.25. The largest absolute Gasteiger partial charge is 0.355 e. The Morgan fingerprint density at radius 3 is 2.24 bits per heavy atom. The molecule has 120 valence electrons. The molecule has 0 aromatic rings. The van der Waals surface area contributed by atoms with Crippen molar-refractivity contribution >= 4 is 11.8 Å². The molecule has 0 spiro atoms. The van der Waals surface area contributed by atoms with E-state index in [1.165, 1.54) is 12.8 Å². The maximum Gasteiger partial charge on any atom is 0.238 e. The number of likely N-dealkylation sites (tertiary alicyclic amines) is 1. The lowest BCUT2D eigenvalue weighted by atomic mass is 10.0. The molecule has 5 nitrogen and oxygen atoms in total. The Bertz CT molecular complexity index is 370. The average Bonchev–Trinajstić information content (AvgIpc) is 3.26. The molecule has 1 saturated heterocycles. The molecule has 0 bridgehead atoms. The van der Waals surface area contributed by atoms with Crippen molar-refractivity contribution in [2.45, 2.75) is 44.9 Å². The molecule has 1 heterocycles. The van der Waals surface area contributed by atoms with Gasteiger partial charge in [0.25, 0.3) is 0 Å². The van der Waals surface area contributed by atoms with E-state index in [9.17, 15) is 9.59 Å². The summed E-state index contributed by atoms with van der Waals surface area (Å²) >= 11 is 0. The Hall–Kier alpha value is -1.10. The van der Waals surface area contributed by atoms with Gasteiger partial charge in [0.2, 0.25) is 11.8 Å². The average molecular weight is 295 g/mol. The summed E-state index contributed by atoms with van der Waals surface area (Å²) in [5.74, 6) is 0.0324. The van der Waals surface area contributed by atoms with Gasteiger partial charge in [0.1, 0.15) is 5.41 Å². The maximum atomic E-state index is 12.7. The number of rotatable bonds is 6. The van der Waals surface area contributed by atoms with E-state index in [1.807, 2.05) is 19.0 Å². The minimum Gasteiger partial charge on any atom is -0.355 e. The SMILES string of the molecule is CN(C)CCCNC(=O)C1(C(=O)N2CCCCCC2)CC1. The van der Waals surface area contributed by atoms with Crippen LogP contribution in [0.4, 0.5) is 0 Å². The normalized spacial score (nSPS) is 21.0. The Kier molecular flexibility index (Phi) is 5.62. The zero-order chi connectivity index (χ0) is 15.3. The van der Waals surface area contributed by atoms with Crippen LogP contribution in [0.25, 0.3) is 0 Å². The lowest BCUT2D eigenvalue weighted by Crippen LogP contribution is -2.46. The van der Waals surface area contributed by atoms with Crippen LogP contribution in [0.15, 0.2) is 0 Å². The number of hydrogen-bond donors (Lipinski definition) is 1. The van der Waals surface area contributed by atoms with Crippen molar-refractivity contribution < 1.29 is 9.59 Å². The van der Waals surface area contributed by atoms with Crippen LogP contribution >= 0.6 is 0 Å². The van der Waals surface area contributed by atoms with Gasteiger partial charge >= 0.3 is 0 Å². The predicted octanol–water partition coefficient (Wildman–Crippen LogP) is 1.24. The molecule has 0 atom stereocenters. The molecule has 1 N–H and O–H groups in total. The highest BCUT2D eigenvalue weighted by Gasteiger charge is 2.57. The second-order valence-corrected chi connectivity index (χ2v) is 6.70. The van der Waals surface area contributed by atoms with Gasteiger partial charge in [-0.3, -0.25) is 9.59 Å². The van der Waals surface area contributed by atoms with Crippen molar-refractivity contribution in [3.63, 3.8) is 0 Å². The van der Waals surface area contributed by atoms with Crippen molar-refractivity contribution in [3.8, 4) is 0 Å². The van der Waals surface area contributed by atoms with Crippen LogP contribution in [0.1, 0.15) is 44.9 Å². The van der Waals surface area contributed by atoms with Gasteiger partial charge in [0.05, 0.1) is 0 Å². The number of nitrogens with one attached hydrogen (secondary N) is 1. The predicted molar refractivity (Wildman–Crippen MR) is 82.9 cm³/mol. The van der Waals surface area contributed by atoms with Crippen LogP contribution in [0.3, 0.4) is 0 Å². The highest BCUT2D eigenvalue weighted by atomic mass is 16.2. The molecular formula is C16H29N3O2. The minimum atomic E-state index is -0.720. The molecule has 0 radical (unpaired) electrons. The van der Waals surface area contributed by atoms with Gasteiger partial charge in [-0.05, 0) is 52.7 Å². The fourth-order valence-corrected chi connectivity index (χ4v) is 3.01. The van der Waals surface area contributed by atoms with Crippen molar-refractivity contribution in [1.29, 1.82) is 0 Å². The van der Waals surface area contributed by atoms with E-state index in [0.717, 1.165) is 51.7 Å². The third kappa shape index (κ3) is 4.19. The summed E-state index contributed by atoms with van der Waals surface area (Å²) in [4.78, 5) is 29.1. The van der Waals surface area contributed by atoms with E-state index in [-0.39, 0.29) is 11.8 Å². The highest BCUT2D eigenvalue weighted by molar-refractivity contribution is 6.07. The Balaban J connectivity index is 1.82. The van der Waals surface area contributed by atoms with E-state index in [1.54, 1.807) is 0 Å². The molecule has 2 aliphatic rings. The quantitative estimate of drug-likeness (QED) is 0.592. The Morgan fingerprint density at radius 2 is 1.71 bits per heavy atom. The standard InChI is InChI=1S/C16H29N3O2/c1-18(2)11-7-10-17-14(20)16(8-9-16)15(21)19-12-5-3-4-6-13-19/h3-13H2,1-2H3,(H,17,20). The molecular weight excluding hydrogens is 266 g/mol. The summed E-state index contributed by atoms with van der Waals surface area (Å²) in [6.45, 7) is 3.27. The second-order valence-electron chi connectivity index (χ2n) is 6.70. The van der Waals surface area contributed by atoms with E-state index in [2.05, 4.69) is 10.2 Å². The van der Waals surface area contributed by atoms with Crippen molar-refractivity contribution in [2.75, 3.05) is 40.3 Å². The smallest absolute Gasteiger partial charge is 0.238 e. The van der Waals surface area contributed by atoms with Crippen LogP contribution in [-0.2, 0) is 9.59 Å². The fourth-order valence-electron chi connectivity index (χ4n) is 3.01. The number of carbonyl (C=O) groups excluding carboxylic acids is 2. The summed E-state index contributed by atoms with van der Waals surface area (Å²) in [6, 6.07) is 0. The van der Waals surface area contributed by atoms with Crippen molar-refractivity contribution in [2.24, 2.45) is 5.41 Å². The summed E-state index contributed by atoms with van der Waals surface area (Å²) in [6.07, 6.45) is 6.93. The molecule has 5 heteroatoms. The molecule has 2 rings (SSSR count). The molecule has 1 saturated carbocycles. The van der Waals surface area contributed by atoms with Crippen LogP contribution in [0.2, 0.25) is 0 Å². The summed E-state index contributed by atoms with van der Waals surface area (Å²) in [5, 5.41) is 2.96. The topological polar surface area (TPSA) is 52.7 Å². The molecule has 2 amide bonds. The third-order valence-corrected chi connectivity index (χ3v) is 4.55. The maximum absolute atomic E-state index is 12.7. The summed E-state index contributed by atoms with van der Waals surface area (Å²) in [7, 11) is 4.04. The summed E-state index contributed by atoms with van der Waals surface area (Å²) in [5.41, 5.74) is -0.720. The number of carbonyl (C=O) groups is 2. The molecule has 1 aliphatic heterocycles. The van der Waals surface area contributed by atoms with Crippen LogP contribution in [0, 0.1) is 5.41 Å². The van der Waals surface area contributed by atoms with Crippen LogP contribution in [-0.4, -0.2) is 61.9 Å². The van der Waals surface area contributed by atoms with E-state index in [4.69, 9.17) is 0 Å². The van der Waals surface area contributed by atoms with Gasteiger partial charge in [0.15, 0.2) is 0 Å². The molecule has 21 heavy (non-hydrogen) atoms. The third-order valence-electron chi connectivity index (χ3n) is 4.55. The second kappa shape index (κ2) is 7.25. The molecule has 2 fully saturated rings. The first kappa shape index (κ1) is 16.3. The molecule has 0 aromatic carbocycles. The van der Waals surface area contributed by atoms with E-state index in [0.29, 0.717) is 6.54 Å². The molecule has 0 unspecified atom stereocenters. The van der Waals surface area contributed by atoms with Crippen LogP contribution < -0.4 is 5.32 Å². The number of amides is 2. The Morgan fingerprint density at radius 1 is 1.10 bits per heavy atom. The van der Waals surface area contributed by atoms with Crippen molar-refractivity contribution in [3.05, 3.63) is 0 Å². The first-order valence-electron chi connectivity index (χ1n) is 8.29. The van der Waals surface area contributed by atoms with Gasteiger partial charge in [-0.2, -0.15) is 0 Å². The molecule has 1 aliphatic carbocycles. The number of hydrogen-bond acceptors (Lipinski definition) is 3. The summed E-state index contributed by atoms with van der Waals surface area (Å²) < 4.78 is 0. The van der Waals surface area contributed by atoms with Crippen LogP contribution in [0.5, 0.6) is 0 Å². The molecule has 0 aromatic heterocycles. The number of nitrogens with zero attached hydrogens (tertiary/aromatic N) is 2. The van der Waals surface area contributed by atoms with Crippen molar-refractivity contribution in [1.82, 2.24) is 15.1 Å². The van der Waals surface area contributed by atoms with Gasteiger partial charge in [-0.15, -0.1) is 0 Å². The van der Waals surface area contributed by atoms with E-state index >= 15 is 0 Å². The zero-order valence-corrected chi connectivity index (χ0v) is 13.5. The first-order chi connectivity index (χ1) is 10.1. The first-order valence-corrected chi connectivity index (χ1v) is 8.29. The minimum absolute atomic E-state index is 0.0458. The fraction of sp³-hybridized carbons (Fsp3) is 0.875. The van der Waals surface area contributed by atoms with E-state index < -0.39 is 5.41 Å². The highest BCUT2D eigenvalue weighted by Crippen LogP contribution is 2.47. The lowest BCUT2D eigenvalue weighted by molar-refractivity contribution is -0.144. The Labute approximate surface area is 128 Å².